The molecule has 6 nitrogen and oxygen atoms in total. The third kappa shape index (κ3) is 1.95. The van der Waals surface area contributed by atoms with Crippen molar-refractivity contribution in [2.24, 2.45) is 0 Å². The smallest absolute Gasteiger partial charge is 0.222 e. The van der Waals surface area contributed by atoms with Gasteiger partial charge in [0.1, 0.15) is 5.82 Å². The maximum Gasteiger partial charge on any atom is 0.222 e. The maximum absolute atomic E-state index is 13.0. The lowest BCUT2D eigenvalue weighted by Crippen LogP contribution is -2.01. The largest absolute Gasteiger partial charge is 0.337 e. The second-order valence-electron chi connectivity index (χ2n) is 4.50. The van der Waals surface area contributed by atoms with Crippen molar-refractivity contribution in [1.29, 1.82) is 0 Å². The van der Waals surface area contributed by atoms with Gasteiger partial charge in [-0.1, -0.05) is 12.1 Å². The normalized spacial score (nSPS) is 11.1. The van der Waals surface area contributed by atoms with Crippen LogP contribution in [0, 0.1) is 5.82 Å². The lowest BCUT2D eigenvalue weighted by atomic mass is 10.3. The Hall–Kier alpha value is -3.09. The Morgan fingerprint density at radius 1 is 1.00 bits per heavy atom. The van der Waals surface area contributed by atoms with E-state index in [1.54, 1.807) is 16.6 Å². The molecule has 0 aliphatic rings. The molecule has 0 saturated carbocycles. The monoisotopic (exact) mass is 280 g/mol. The summed E-state index contributed by atoms with van der Waals surface area (Å²) >= 11 is 0. The number of rotatable bonds is 2. The van der Waals surface area contributed by atoms with Crippen molar-refractivity contribution in [2.45, 2.75) is 0 Å². The van der Waals surface area contributed by atoms with Gasteiger partial charge in [0.2, 0.25) is 5.65 Å². The van der Waals surface area contributed by atoms with Gasteiger partial charge < -0.3 is 5.32 Å². The summed E-state index contributed by atoms with van der Waals surface area (Å²) in [4.78, 5) is 4.53. The predicted molar refractivity (Wildman–Crippen MR) is 75.8 cm³/mol. The third-order valence-electron chi connectivity index (χ3n) is 3.13. The number of hydrogen-bond donors (Lipinski definition) is 1. The summed E-state index contributed by atoms with van der Waals surface area (Å²) in [6.07, 6.45) is 0. The topological polar surface area (TPSA) is 68.0 Å². The Kier molecular flexibility index (Phi) is 2.50. The second-order valence-corrected chi connectivity index (χ2v) is 4.50. The van der Waals surface area contributed by atoms with Crippen LogP contribution in [0.4, 0.5) is 15.9 Å². The molecule has 102 valence electrons. The number of benzene rings is 2. The molecule has 0 saturated heterocycles. The first-order valence-corrected chi connectivity index (χ1v) is 6.31. The quantitative estimate of drug-likeness (QED) is 0.611. The number of nitrogens with one attached hydrogen (secondary N) is 1. The van der Waals surface area contributed by atoms with E-state index < -0.39 is 0 Å². The van der Waals surface area contributed by atoms with Gasteiger partial charge >= 0.3 is 0 Å². The highest BCUT2D eigenvalue weighted by atomic mass is 19.1. The zero-order chi connectivity index (χ0) is 14.2. The Labute approximate surface area is 118 Å². The minimum absolute atomic E-state index is 0.290. The van der Waals surface area contributed by atoms with Crippen LogP contribution in [0.1, 0.15) is 0 Å². The SMILES string of the molecule is Fc1ccc(Nc2nc3ccccc3n3nnnc23)cc1. The molecule has 0 spiro atoms. The molecule has 0 unspecified atom stereocenters. The van der Waals surface area contributed by atoms with Crippen LogP contribution >= 0.6 is 0 Å². The molecule has 0 atom stereocenters. The molecule has 2 aromatic carbocycles. The highest BCUT2D eigenvalue weighted by molar-refractivity contribution is 5.83. The van der Waals surface area contributed by atoms with Gasteiger partial charge in [-0.3, -0.25) is 0 Å². The fourth-order valence-corrected chi connectivity index (χ4v) is 2.16. The first-order chi connectivity index (χ1) is 10.3. The molecule has 0 bridgehead atoms. The van der Waals surface area contributed by atoms with E-state index in [9.17, 15) is 4.39 Å². The van der Waals surface area contributed by atoms with Crippen molar-refractivity contribution in [3.8, 4) is 0 Å². The molecule has 0 aliphatic heterocycles. The summed E-state index contributed by atoms with van der Waals surface area (Å²) in [6.45, 7) is 0. The van der Waals surface area contributed by atoms with Crippen LogP contribution in [0.2, 0.25) is 0 Å². The van der Waals surface area contributed by atoms with Crippen molar-refractivity contribution in [3.63, 3.8) is 0 Å². The highest BCUT2D eigenvalue weighted by Crippen LogP contribution is 2.22. The molecule has 4 aromatic rings. The average molecular weight is 280 g/mol. The zero-order valence-electron chi connectivity index (χ0n) is 10.7. The standard InChI is InChI=1S/C14H9FN6/c15-9-5-7-10(8-6-9)16-13-14-18-19-20-21(14)12-4-2-1-3-11(12)17-13/h1-8H,(H,16,17). The maximum atomic E-state index is 13.0. The number of hydrogen-bond acceptors (Lipinski definition) is 5. The summed E-state index contributed by atoms with van der Waals surface area (Å²) in [7, 11) is 0. The molecule has 21 heavy (non-hydrogen) atoms. The molecule has 2 aromatic heterocycles. The number of para-hydroxylation sites is 2. The van der Waals surface area contributed by atoms with Gasteiger partial charge in [-0.2, -0.15) is 4.52 Å². The van der Waals surface area contributed by atoms with Gasteiger partial charge in [0.15, 0.2) is 5.82 Å². The molecule has 4 rings (SSSR count). The summed E-state index contributed by atoms with van der Waals surface area (Å²) in [5, 5.41) is 14.8. The number of tetrazole rings is 1. The van der Waals surface area contributed by atoms with E-state index in [1.165, 1.54) is 12.1 Å². The molecule has 7 heteroatoms. The average Bonchev–Trinajstić information content (AvgIpc) is 3.00. The van der Waals surface area contributed by atoms with E-state index in [0.29, 0.717) is 17.2 Å². The predicted octanol–water partition coefficient (Wildman–Crippen LogP) is 2.56. The summed E-state index contributed by atoms with van der Waals surface area (Å²) < 4.78 is 14.6. The molecule has 0 radical (unpaired) electrons. The van der Waals surface area contributed by atoms with Gasteiger partial charge in [0, 0.05) is 5.69 Å². The van der Waals surface area contributed by atoms with Crippen LogP contribution in [0.5, 0.6) is 0 Å². The first-order valence-electron chi connectivity index (χ1n) is 6.31. The van der Waals surface area contributed by atoms with Gasteiger partial charge in [0.05, 0.1) is 11.0 Å². The molecular weight excluding hydrogens is 271 g/mol. The van der Waals surface area contributed by atoms with Crippen molar-refractivity contribution >= 4 is 28.2 Å². The number of halogens is 1. The molecule has 0 fully saturated rings. The van der Waals surface area contributed by atoms with E-state index in [-0.39, 0.29) is 5.82 Å². The second kappa shape index (κ2) is 4.48. The summed E-state index contributed by atoms with van der Waals surface area (Å²) in [6, 6.07) is 13.6. The van der Waals surface area contributed by atoms with Crippen LogP contribution in [-0.4, -0.2) is 25.0 Å². The van der Waals surface area contributed by atoms with Crippen LogP contribution in [-0.2, 0) is 0 Å². The number of fused-ring (bicyclic) bond motifs is 3. The van der Waals surface area contributed by atoms with E-state index >= 15 is 0 Å². The summed E-state index contributed by atoms with van der Waals surface area (Å²) in [5.74, 6) is 0.228. The lowest BCUT2D eigenvalue weighted by Gasteiger charge is -2.08. The van der Waals surface area contributed by atoms with Crippen molar-refractivity contribution in [2.75, 3.05) is 5.32 Å². The molecule has 0 amide bonds. The van der Waals surface area contributed by atoms with Gasteiger partial charge in [0.25, 0.3) is 0 Å². The Balaban J connectivity index is 1.90. The van der Waals surface area contributed by atoms with Crippen LogP contribution < -0.4 is 5.32 Å². The van der Waals surface area contributed by atoms with Gasteiger partial charge in [-0.25, -0.2) is 9.37 Å². The molecule has 2 heterocycles. The Morgan fingerprint density at radius 2 is 1.81 bits per heavy atom. The van der Waals surface area contributed by atoms with Crippen LogP contribution in [0.25, 0.3) is 16.7 Å². The Bertz CT molecular complexity index is 931. The molecular formula is C14H9FN6. The fraction of sp³-hybridized carbons (Fsp3) is 0. The van der Waals surface area contributed by atoms with Crippen LogP contribution in [0.15, 0.2) is 48.5 Å². The summed E-state index contributed by atoms with van der Waals surface area (Å²) in [5.41, 5.74) is 2.81. The third-order valence-corrected chi connectivity index (χ3v) is 3.13. The number of anilines is 2. The van der Waals surface area contributed by atoms with Gasteiger partial charge in [-0.15, -0.1) is 5.10 Å². The van der Waals surface area contributed by atoms with E-state index in [4.69, 9.17) is 0 Å². The molecule has 1 N–H and O–H groups in total. The highest BCUT2D eigenvalue weighted by Gasteiger charge is 2.11. The number of aromatic nitrogens is 5. The van der Waals surface area contributed by atoms with Crippen molar-refractivity contribution < 1.29 is 4.39 Å². The molecule has 0 aliphatic carbocycles. The minimum atomic E-state index is -0.290. The zero-order valence-corrected chi connectivity index (χ0v) is 10.7. The van der Waals surface area contributed by atoms with Crippen LogP contribution in [0.3, 0.4) is 0 Å². The van der Waals surface area contributed by atoms with E-state index in [1.807, 2.05) is 24.3 Å². The first kappa shape index (κ1) is 11.7. The number of nitrogens with zero attached hydrogens (tertiary/aromatic N) is 5. The van der Waals surface area contributed by atoms with Gasteiger partial charge in [-0.05, 0) is 46.8 Å². The lowest BCUT2D eigenvalue weighted by molar-refractivity contribution is 0.628. The van der Waals surface area contributed by atoms with E-state index in [0.717, 1.165) is 11.0 Å². The fourth-order valence-electron chi connectivity index (χ4n) is 2.16. The van der Waals surface area contributed by atoms with Crippen molar-refractivity contribution in [1.82, 2.24) is 25.0 Å². The Morgan fingerprint density at radius 3 is 2.67 bits per heavy atom. The van der Waals surface area contributed by atoms with Crippen molar-refractivity contribution in [3.05, 3.63) is 54.3 Å². The van der Waals surface area contributed by atoms with E-state index in [2.05, 4.69) is 25.8 Å². The minimum Gasteiger partial charge on any atom is -0.337 e.